The van der Waals surface area contributed by atoms with Gasteiger partial charge in [0.05, 0.1) is 12.5 Å². The fourth-order valence-electron chi connectivity index (χ4n) is 1.51. The molecule has 0 bridgehead atoms. The normalized spacial score (nSPS) is 28.6. The van der Waals surface area contributed by atoms with Gasteiger partial charge in [-0.3, -0.25) is 10.1 Å². The zero-order chi connectivity index (χ0) is 9.14. The Kier molecular flexibility index (Phi) is 2.68. The lowest BCUT2D eigenvalue weighted by atomic mass is 9.87. The van der Waals surface area contributed by atoms with E-state index in [1.54, 1.807) is 0 Å². The van der Waals surface area contributed by atoms with Crippen LogP contribution in [0.5, 0.6) is 0 Å². The Hall–Kier alpha value is -1.06. The van der Waals surface area contributed by atoms with E-state index < -0.39 is 6.04 Å². The van der Waals surface area contributed by atoms with Crippen molar-refractivity contribution in [2.75, 3.05) is 6.54 Å². The molecule has 0 fully saturated rings. The molecule has 4 nitrogen and oxygen atoms in total. The maximum absolute atomic E-state index is 10.6. The SMILES string of the molecule is CC(C)[C@@H]1C=CNC[C@H]1[N+](=O)[O-]. The summed E-state index contributed by atoms with van der Waals surface area (Å²) in [6.45, 7) is 4.47. The summed E-state index contributed by atoms with van der Waals surface area (Å²) >= 11 is 0. The van der Waals surface area contributed by atoms with Crippen LogP contribution in [-0.2, 0) is 0 Å². The minimum atomic E-state index is -0.463. The van der Waals surface area contributed by atoms with E-state index in [0.29, 0.717) is 12.5 Å². The highest BCUT2D eigenvalue weighted by molar-refractivity contribution is 4.98. The van der Waals surface area contributed by atoms with E-state index in [9.17, 15) is 10.1 Å². The molecular formula is C8H14N2O2. The van der Waals surface area contributed by atoms with Crippen molar-refractivity contribution in [3.8, 4) is 0 Å². The van der Waals surface area contributed by atoms with Crippen molar-refractivity contribution >= 4 is 0 Å². The molecule has 1 aliphatic rings. The fourth-order valence-corrected chi connectivity index (χ4v) is 1.51. The highest BCUT2D eigenvalue weighted by Crippen LogP contribution is 2.20. The van der Waals surface area contributed by atoms with Gasteiger partial charge in [-0.25, -0.2) is 0 Å². The van der Waals surface area contributed by atoms with Gasteiger partial charge in [-0.1, -0.05) is 19.9 Å². The van der Waals surface area contributed by atoms with Crippen LogP contribution in [0.3, 0.4) is 0 Å². The van der Waals surface area contributed by atoms with Gasteiger partial charge in [-0.05, 0) is 12.1 Å². The Morgan fingerprint density at radius 1 is 1.67 bits per heavy atom. The Balaban J connectivity index is 2.72. The molecule has 12 heavy (non-hydrogen) atoms. The largest absolute Gasteiger partial charge is 0.384 e. The van der Waals surface area contributed by atoms with Gasteiger partial charge >= 0.3 is 0 Å². The second-order valence-electron chi connectivity index (χ2n) is 3.44. The van der Waals surface area contributed by atoms with E-state index in [1.165, 1.54) is 0 Å². The molecule has 1 aliphatic heterocycles. The molecular weight excluding hydrogens is 156 g/mol. The minimum Gasteiger partial charge on any atom is -0.384 e. The molecule has 0 radical (unpaired) electrons. The first-order valence-electron chi connectivity index (χ1n) is 4.16. The van der Waals surface area contributed by atoms with Gasteiger partial charge in [-0.15, -0.1) is 0 Å². The van der Waals surface area contributed by atoms with Gasteiger partial charge < -0.3 is 5.32 Å². The molecule has 0 saturated heterocycles. The van der Waals surface area contributed by atoms with Crippen molar-refractivity contribution in [2.24, 2.45) is 11.8 Å². The monoisotopic (exact) mass is 170 g/mol. The van der Waals surface area contributed by atoms with E-state index >= 15 is 0 Å². The Bertz CT molecular complexity index is 201. The number of hydrogen-bond donors (Lipinski definition) is 1. The molecule has 2 atom stereocenters. The zero-order valence-electron chi connectivity index (χ0n) is 7.36. The van der Waals surface area contributed by atoms with Crippen molar-refractivity contribution in [1.82, 2.24) is 5.32 Å². The third-order valence-corrected chi connectivity index (χ3v) is 2.25. The number of nitrogens with one attached hydrogen (secondary N) is 1. The standard InChI is InChI=1S/C8H14N2O2/c1-6(2)7-3-4-9-5-8(7)10(11)12/h3-4,6-9H,5H2,1-2H3/t7-,8+/m0/s1. The van der Waals surface area contributed by atoms with Gasteiger partial charge in [0.25, 0.3) is 0 Å². The molecule has 1 rings (SSSR count). The van der Waals surface area contributed by atoms with Crippen LogP contribution in [0.4, 0.5) is 0 Å². The van der Waals surface area contributed by atoms with E-state index in [2.05, 4.69) is 5.32 Å². The van der Waals surface area contributed by atoms with Crippen LogP contribution in [0.25, 0.3) is 0 Å². The molecule has 0 amide bonds. The Labute approximate surface area is 71.8 Å². The van der Waals surface area contributed by atoms with Crippen molar-refractivity contribution in [2.45, 2.75) is 19.9 Å². The first kappa shape index (κ1) is 9.03. The first-order chi connectivity index (χ1) is 5.63. The summed E-state index contributed by atoms with van der Waals surface area (Å²) in [6.07, 6.45) is 3.70. The van der Waals surface area contributed by atoms with Crippen molar-refractivity contribution in [1.29, 1.82) is 0 Å². The maximum Gasteiger partial charge on any atom is 0.236 e. The number of rotatable bonds is 2. The van der Waals surface area contributed by atoms with Crippen LogP contribution in [0.2, 0.25) is 0 Å². The summed E-state index contributed by atoms with van der Waals surface area (Å²) in [5.41, 5.74) is 0. The lowest BCUT2D eigenvalue weighted by molar-refractivity contribution is -0.529. The highest BCUT2D eigenvalue weighted by Gasteiger charge is 2.33. The predicted octanol–water partition coefficient (Wildman–Crippen LogP) is 1.02. The quantitative estimate of drug-likeness (QED) is 0.497. The number of nitrogens with zero attached hydrogens (tertiary/aromatic N) is 1. The summed E-state index contributed by atoms with van der Waals surface area (Å²) in [5.74, 6) is 0.403. The van der Waals surface area contributed by atoms with Crippen LogP contribution in [0.1, 0.15) is 13.8 Å². The van der Waals surface area contributed by atoms with Crippen LogP contribution in [-0.4, -0.2) is 17.5 Å². The van der Waals surface area contributed by atoms with Gasteiger partial charge in [0, 0.05) is 4.92 Å². The molecule has 1 N–H and O–H groups in total. The predicted molar refractivity (Wildman–Crippen MR) is 46.3 cm³/mol. The summed E-state index contributed by atoms with van der Waals surface area (Å²) in [5, 5.41) is 13.5. The molecule has 0 aromatic rings. The Morgan fingerprint density at radius 2 is 2.33 bits per heavy atom. The van der Waals surface area contributed by atoms with Crippen molar-refractivity contribution in [3.63, 3.8) is 0 Å². The summed E-state index contributed by atoms with van der Waals surface area (Å²) in [7, 11) is 0. The van der Waals surface area contributed by atoms with Gasteiger partial charge in [0.2, 0.25) is 6.04 Å². The molecule has 1 heterocycles. The lowest BCUT2D eigenvalue weighted by Crippen LogP contribution is -2.41. The summed E-state index contributed by atoms with van der Waals surface area (Å²) in [4.78, 5) is 10.4. The third-order valence-electron chi connectivity index (χ3n) is 2.25. The molecule has 68 valence electrons. The first-order valence-corrected chi connectivity index (χ1v) is 4.16. The average Bonchev–Trinajstić information content (AvgIpc) is 2.04. The molecule has 0 aromatic heterocycles. The van der Waals surface area contributed by atoms with E-state index in [1.807, 2.05) is 26.1 Å². The van der Waals surface area contributed by atoms with Crippen molar-refractivity contribution < 1.29 is 4.92 Å². The highest BCUT2D eigenvalue weighted by atomic mass is 16.6. The van der Waals surface area contributed by atoms with E-state index in [-0.39, 0.29) is 10.8 Å². The van der Waals surface area contributed by atoms with Gasteiger partial charge in [0.15, 0.2) is 0 Å². The van der Waals surface area contributed by atoms with Gasteiger partial charge in [0.1, 0.15) is 0 Å². The molecule has 0 saturated carbocycles. The van der Waals surface area contributed by atoms with Crippen LogP contribution < -0.4 is 5.32 Å². The Morgan fingerprint density at radius 3 is 2.75 bits per heavy atom. The number of hydrogen-bond acceptors (Lipinski definition) is 3. The smallest absolute Gasteiger partial charge is 0.236 e. The van der Waals surface area contributed by atoms with Crippen molar-refractivity contribution in [3.05, 3.63) is 22.4 Å². The molecule has 0 aromatic carbocycles. The molecule has 4 heteroatoms. The number of nitro groups is 1. The molecule has 0 aliphatic carbocycles. The van der Waals surface area contributed by atoms with Crippen LogP contribution in [0.15, 0.2) is 12.3 Å². The zero-order valence-corrected chi connectivity index (χ0v) is 7.36. The maximum atomic E-state index is 10.6. The van der Waals surface area contributed by atoms with Crippen LogP contribution in [0, 0.1) is 22.0 Å². The topological polar surface area (TPSA) is 55.2 Å². The summed E-state index contributed by atoms with van der Waals surface area (Å²) < 4.78 is 0. The second-order valence-corrected chi connectivity index (χ2v) is 3.44. The average molecular weight is 170 g/mol. The van der Waals surface area contributed by atoms with Gasteiger partial charge in [-0.2, -0.15) is 0 Å². The fraction of sp³-hybridized carbons (Fsp3) is 0.750. The van der Waals surface area contributed by atoms with E-state index in [4.69, 9.17) is 0 Å². The second kappa shape index (κ2) is 3.56. The van der Waals surface area contributed by atoms with E-state index in [0.717, 1.165) is 0 Å². The molecule has 0 spiro atoms. The lowest BCUT2D eigenvalue weighted by Gasteiger charge is -2.24. The third kappa shape index (κ3) is 1.75. The van der Waals surface area contributed by atoms with Crippen LogP contribution >= 0.6 is 0 Å². The summed E-state index contributed by atoms with van der Waals surface area (Å²) in [6, 6.07) is -0.463. The molecule has 0 unspecified atom stereocenters. The minimum absolute atomic E-state index is 0.0706.